The molecule has 4 aromatic rings. The van der Waals surface area contributed by atoms with Crippen molar-refractivity contribution >= 4 is 38.1 Å². The molecule has 28 heavy (non-hydrogen) atoms. The van der Waals surface area contributed by atoms with E-state index in [-0.39, 0.29) is 12.5 Å². The topological polar surface area (TPSA) is 77.1 Å². The SMILES string of the molecule is O=C(Cn1cc(C2CC2)nn1)NCc1cnc2scc(-c3ccc(Br)cc3)n12. The van der Waals surface area contributed by atoms with Crippen LogP contribution in [0.1, 0.15) is 30.1 Å². The van der Waals surface area contributed by atoms with Crippen LogP contribution in [0.3, 0.4) is 0 Å². The summed E-state index contributed by atoms with van der Waals surface area (Å²) in [6, 6.07) is 8.17. The number of nitrogens with zero attached hydrogens (tertiary/aromatic N) is 5. The van der Waals surface area contributed by atoms with Crippen molar-refractivity contribution in [3.63, 3.8) is 0 Å². The van der Waals surface area contributed by atoms with Crippen molar-refractivity contribution in [1.82, 2.24) is 29.7 Å². The number of nitrogens with one attached hydrogen (secondary N) is 1. The van der Waals surface area contributed by atoms with Crippen LogP contribution in [-0.4, -0.2) is 30.3 Å². The van der Waals surface area contributed by atoms with Crippen molar-refractivity contribution in [1.29, 1.82) is 0 Å². The quantitative estimate of drug-likeness (QED) is 0.480. The van der Waals surface area contributed by atoms with Crippen LogP contribution in [0.5, 0.6) is 0 Å². The highest BCUT2D eigenvalue weighted by molar-refractivity contribution is 9.10. The summed E-state index contributed by atoms with van der Waals surface area (Å²) in [5, 5.41) is 13.2. The number of carbonyl (C=O) groups excluding carboxylic acids is 1. The zero-order valence-corrected chi connectivity index (χ0v) is 17.3. The molecule has 1 aliphatic rings. The van der Waals surface area contributed by atoms with Crippen LogP contribution in [0, 0.1) is 0 Å². The molecule has 0 spiro atoms. The molecule has 1 N–H and O–H groups in total. The van der Waals surface area contributed by atoms with Crippen LogP contribution in [0.15, 0.2) is 46.5 Å². The van der Waals surface area contributed by atoms with E-state index in [1.54, 1.807) is 16.0 Å². The van der Waals surface area contributed by atoms with Gasteiger partial charge in [0.2, 0.25) is 5.91 Å². The first-order valence-electron chi connectivity index (χ1n) is 9.04. The third kappa shape index (κ3) is 3.47. The normalized spacial score (nSPS) is 13.9. The van der Waals surface area contributed by atoms with Crippen LogP contribution >= 0.6 is 27.3 Å². The van der Waals surface area contributed by atoms with Gasteiger partial charge in [0.25, 0.3) is 0 Å². The molecule has 7 nitrogen and oxygen atoms in total. The Hall–Kier alpha value is -2.52. The van der Waals surface area contributed by atoms with Crippen molar-refractivity contribution in [2.45, 2.75) is 31.8 Å². The number of benzene rings is 1. The first kappa shape index (κ1) is 17.6. The number of hydrogen-bond acceptors (Lipinski definition) is 5. The molecule has 1 aromatic carbocycles. The minimum absolute atomic E-state index is 0.0948. The van der Waals surface area contributed by atoms with E-state index in [1.807, 2.05) is 24.5 Å². The number of rotatable bonds is 6. The summed E-state index contributed by atoms with van der Waals surface area (Å²) in [6.07, 6.45) is 6.03. The molecule has 0 bridgehead atoms. The smallest absolute Gasteiger partial charge is 0.242 e. The lowest BCUT2D eigenvalue weighted by atomic mass is 10.2. The average molecular weight is 457 g/mol. The number of carbonyl (C=O) groups is 1. The summed E-state index contributed by atoms with van der Waals surface area (Å²) >= 11 is 5.06. The monoisotopic (exact) mass is 456 g/mol. The van der Waals surface area contributed by atoms with Gasteiger partial charge in [0.1, 0.15) is 6.54 Å². The fraction of sp³-hybridized carbons (Fsp3) is 0.263. The maximum atomic E-state index is 12.3. The minimum Gasteiger partial charge on any atom is -0.349 e. The van der Waals surface area contributed by atoms with E-state index in [0.29, 0.717) is 12.5 Å². The van der Waals surface area contributed by atoms with Gasteiger partial charge in [-0.15, -0.1) is 16.4 Å². The molecule has 9 heteroatoms. The van der Waals surface area contributed by atoms with E-state index in [4.69, 9.17) is 0 Å². The Morgan fingerprint density at radius 1 is 1.29 bits per heavy atom. The molecular formula is C19H17BrN6OS. The summed E-state index contributed by atoms with van der Waals surface area (Å²) < 4.78 is 4.74. The van der Waals surface area contributed by atoms with Crippen LogP contribution in [0.25, 0.3) is 16.2 Å². The molecule has 3 heterocycles. The molecule has 5 rings (SSSR count). The molecule has 1 fully saturated rings. The molecular weight excluding hydrogens is 440 g/mol. The van der Waals surface area contributed by atoms with Gasteiger partial charge in [0.05, 0.1) is 29.8 Å². The van der Waals surface area contributed by atoms with Gasteiger partial charge in [-0.25, -0.2) is 9.67 Å². The zero-order valence-electron chi connectivity index (χ0n) is 14.9. The maximum absolute atomic E-state index is 12.3. The Morgan fingerprint density at radius 2 is 2.11 bits per heavy atom. The number of fused-ring (bicyclic) bond motifs is 1. The van der Waals surface area contributed by atoms with E-state index >= 15 is 0 Å². The largest absolute Gasteiger partial charge is 0.349 e. The summed E-state index contributed by atoms with van der Waals surface area (Å²) in [4.78, 5) is 17.7. The molecule has 1 saturated carbocycles. The highest BCUT2D eigenvalue weighted by Crippen LogP contribution is 2.38. The fourth-order valence-electron chi connectivity index (χ4n) is 3.16. The third-order valence-electron chi connectivity index (χ3n) is 4.78. The first-order chi connectivity index (χ1) is 13.7. The molecule has 0 aliphatic heterocycles. The first-order valence-corrected chi connectivity index (χ1v) is 10.7. The predicted octanol–water partition coefficient (Wildman–Crippen LogP) is 3.61. The Balaban J connectivity index is 1.30. The molecule has 3 aromatic heterocycles. The van der Waals surface area contributed by atoms with E-state index in [9.17, 15) is 4.79 Å². The summed E-state index contributed by atoms with van der Waals surface area (Å²) in [7, 11) is 0. The zero-order chi connectivity index (χ0) is 19.1. The third-order valence-corrected chi connectivity index (χ3v) is 6.15. The van der Waals surface area contributed by atoms with Crippen molar-refractivity contribution in [3.8, 4) is 11.3 Å². The molecule has 0 unspecified atom stereocenters. The average Bonchev–Trinajstić information content (AvgIpc) is 3.11. The van der Waals surface area contributed by atoms with E-state index in [0.717, 1.165) is 32.1 Å². The Kier molecular flexibility index (Phi) is 4.48. The standard InChI is InChI=1S/C19H17BrN6OS/c20-14-5-3-13(4-6-14)17-11-28-19-22-8-15(26(17)19)7-21-18(27)10-25-9-16(23-24-25)12-1-2-12/h3-6,8-9,11-12H,1-2,7,10H2,(H,21,27). The number of hydrogen-bond donors (Lipinski definition) is 1. The van der Waals surface area contributed by atoms with Gasteiger partial charge < -0.3 is 5.32 Å². The Labute approximate surface area is 173 Å². The highest BCUT2D eigenvalue weighted by atomic mass is 79.9. The van der Waals surface area contributed by atoms with Crippen LogP contribution in [-0.2, 0) is 17.9 Å². The molecule has 0 radical (unpaired) electrons. The van der Waals surface area contributed by atoms with Gasteiger partial charge in [-0.05, 0) is 30.5 Å². The molecule has 142 valence electrons. The number of thiazole rings is 1. The lowest BCUT2D eigenvalue weighted by Gasteiger charge is -2.07. The summed E-state index contributed by atoms with van der Waals surface area (Å²) in [6.45, 7) is 0.579. The fourth-order valence-corrected chi connectivity index (χ4v) is 4.32. The van der Waals surface area contributed by atoms with Gasteiger partial charge in [0.15, 0.2) is 4.96 Å². The summed E-state index contributed by atoms with van der Waals surface area (Å²) in [5.41, 5.74) is 4.11. The Morgan fingerprint density at radius 3 is 2.89 bits per heavy atom. The maximum Gasteiger partial charge on any atom is 0.242 e. The highest BCUT2D eigenvalue weighted by Gasteiger charge is 2.26. The van der Waals surface area contributed by atoms with Gasteiger partial charge >= 0.3 is 0 Å². The van der Waals surface area contributed by atoms with E-state index in [1.165, 1.54) is 12.8 Å². The second-order valence-electron chi connectivity index (χ2n) is 6.89. The van der Waals surface area contributed by atoms with Crippen LogP contribution in [0.2, 0.25) is 0 Å². The van der Waals surface area contributed by atoms with Crippen LogP contribution < -0.4 is 5.32 Å². The van der Waals surface area contributed by atoms with Crippen molar-refractivity contribution in [3.05, 3.63) is 57.9 Å². The lowest BCUT2D eigenvalue weighted by molar-refractivity contribution is -0.122. The Bertz CT molecular complexity index is 1140. The molecule has 1 amide bonds. The second kappa shape index (κ2) is 7.14. The summed E-state index contributed by atoms with van der Waals surface area (Å²) in [5.74, 6) is 0.440. The number of amides is 1. The number of aromatic nitrogens is 5. The van der Waals surface area contributed by atoms with Gasteiger partial charge in [0, 0.05) is 22.0 Å². The van der Waals surface area contributed by atoms with E-state index < -0.39 is 0 Å². The van der Waals surface area contributed by atoms with Crippen molar-refractivity contribution in [2.75, 3.05) is 0 Å². The van der Waals surface area contributed by atoms with Gasteiger partial charge in [-0.3, -0.25) is 9.20 Å². The lowest BCUT2D eigenvalue weighted by Crippen LogP contribution is -2.27. The van der Waals surface area contributed by atoms with Crippen molar-refractivity contribution in [2.24, 2.45) is 0 Å². The van der Waals surface area contributed by atoms with Crippen molar-refractivity contribution < 1.29 is 4.79 Å². The number of imidazole rings is 1. The van der Waals surface area contributed by atoms with E-state index in [2.05, 4.69) is 58.5 Å². The predicted molar refractivity (Wildman–Crippen MR) is 110 cm³/mol. The number of halogens is 1. The molecule has 1 aliphatic carbocycles. The van der Waals surface area contributed by atoms with Gasteiger partial charge in [-0.2, -0.15) is 0 Å². The second-order valence-corrected chi connectivity index (χ2v) is 8.64. The van der Waals surface area contributed by atoms with Crippen LogP contribution in [0.4, 0.5) is 0 Å². The van der Waals surface area contributed by atoms with Gasteiger partial charge in [-0.1, -0.05) is 33.3 Å². The molecule has 0 atom stereocenters. The molecule has 0 saturated heterocycles. The minimum atomic E-state index is -0.0948.